The van der Waals surface area contributed by atoms with Gasteiger partial charge < -0.3 is 20.6 Å². The first-order chi connectivity index (χ1) is 11.0. The highest BCUT2D eigenvalue weighted by molar-refractivity contribution is 8.13. The number of amides is 2. The molecule has 1 unspecified atom stereocenters. The minimum Gasteiger partial charge on any atom is -0.467 e. The van der Waals surface area contributed by atoms with E-state index in [1.165, 1.54) is 20.2 Å². The van der Waals surface area contributed by atoms with E-state index >= 15 is 0 Å². The van der Waals surface area contributed by atoms with Crippen molar-refractivity contribution in [2.45, 2.75) is 13.0 Å². The van der Waals surface area contributed by atoms with E-state index in [0.717, 1.165) is 11.8 Å². The van der Waals surface area contributed by atoms with Crippen LogP contribution < -0.4 is 10.6 Å². The molecule has 0 saturated heterocycles. The molecule has 3 N–H and O–H groups in total. The number of nitrogens with one attached hydrogen (secondary N) is 2. The molecule has 0 aromatic heterocycles. The summed E-state index contributed by atoms with van der Waals surface area (Å²) in [7, 11) is 1.20. The Balaban J connectivity index is 2.63. The van der Waals surface area contributed by atoms with Gasteiger partial charge in [0.2, 0.25) is 0 Å². The number of esters is 1. The van der Waals surface area contributed by atoms with Crippen molar-refractivity contribution in [2.75, 3.05) is 18.2 Å². The van der Waals surface area contributed by atoms with Crippen molar-refractivity contribution in [2.24, 2.45) is 5.16 Å². The van der Waals surface area contributed by atoms with Gasteiger partial charge in [0.25, 0.3) is 0 Å². The normalized spacial score (nSPS) is 11.7. The van der Waals surface area contributed by atoms with Gasteiger partial charge in [-0.25, -0.2) is 9.59 Å². The number of hydrogen-bond donors (Lipinski definition) is 3. The quantitative estimate of drug-likeness (QED) is 0.312. The fourth-order valence-corrected chi connectivity index (χ4v) is 2.18. The molecule has 0 spiro atoms. The van der Waals surface area contributed by atoms with Gasteiger partial charge in [0.1, 0.15) is 6.04 Å². The summed E-state index contributed by atoms with van der Waals surface area (Å²) in [6, 6.07) is 4.95. The zero-order valence-electron chi connectivity index (χ0n) is 12.6. The molecule has 1 atom stereocenters. The van der Waals surface area contributed by atoms with Crippen LogP contribution in [0.3, 0.4) is 0 Å². The first-order valence-electron chi connectivity index (χ1n) is 6.52. The van der Waals surface area contributed by atoms with Gasteiger partial charge in [-0.3, -0.25) is 4.79 Å². The lowest BCUT2D eigenvalue weighted by Gasteiger charge is -2.16. The maximum Gasteiger partial charge on any atom is 0.329 e. The third kappa shape index (κ3) is 6.83. The van der Waals surface area contributed by atoms with Crippen molar-refractivity contribution in [1.29, 1.82) is 0 Å². The molecule has 0 aliphatic carbocycles. The van der Waals surface area contributed by atoms with Crippen LogP contribution >= 0.6 is 11.8 Å². The van der Waals surface area contributed by atoms with Crippen LogP contribution in [-0.4, -0.2) is 47.4 Å². The SMILES string of the molecule is COC(=O)C(CSC(C)=O)NC(=O)Nc1ccc(C=NO)cc1. The van der Waals surface area contributed by atoms with Crippen LogP contribution in [0.1, 0.15) is 12.5 Å². The second-order valence-corrected chi connectivity index (χ2v) is 5.54. The van der Waals surface area contributed by atoms with Gasteiger partial charge in [-0.2, -0.15) is 0 Å². The molecule has 23 heavy (non-hydrogen) atoms. The topological polar surface area (TPSA) is 117 Å². The molecule has 8 nitrogen and oxygen atoms in total. The molecule has 1 rings (SSSR count). The summed E-state index contributed by atoms with van der Waals surface area (Å²) in [6.45, 7) is 1.37. The lowest BCUT2D eigenvalue weighted by atomic mass is 10.2. The Bertz CT molecular complexity index is 589. The van der Waals surface area contributed by atoms with Crippen LogP contribution in [0, 0.1) is 0 Å². The van der Waals surface area contributed by atoms with E-state index in [1.54, 1.807) is 24.3 Å². The maximum atomic E-state index is 11.9. The van der Waals surface area contributed by atoms with Crippen LogP contribution in [0.5, 0.6) is 0 Å². The summed E-state index contributed by atoms with van der Waals surface area (Å²) >= 11 is 0.918. The highest BCUT2D eigenvalue weighted by atomic mass is 32.2. The smallest absolute Gasteiger partial charge is 0.329 e. The minimum atomic E-state index is -0.935. The highest BCUT2D eigenvalue weighted by Gasteiger charge is 2.22. The first-order valence-corrected chi connectivity index (χ1v) is 7.51. The van der Waals surface area contributed by atoms with Crippen LogP contribution in [0.4, 0.5) is 10.5 Å². The van der Waals surface area contributed by atoms with Gasteiger partial charge in [-0.15, -0.1) is 0 Å². The zero-order chi connectivity index (χ0) is 17.2. The summed E-state index contributed by atoms with van der Waals surface area (Å²) in [5.41, 5.74) is 1.14. The van der Waals surface area contributed by atoms with E-state index in [9.17, 15) is 14.4 Å². The molecule has 0 saturated carbocycles. The number of benzene rings is 1. The zero-order valence-corrected chi connectivity index (χ0v) is 13.4. The number of urea groups is 1. The number of carbonyl (C=O) groups excluding carboxylic acids is 3. The third-order valence-electron chi connectivity index (χ3n) is 2.62. The van der Waals surface area contributed by atoms with Crippen LogP contribution in [0.25, 0.3) is 0 Å². The van der Waals surface area contributed by atoms with Gasteiger partial charge in [-0.05, 0) is 17.7 Å². The fraction of sp³-hybridized carbons (Fsp3) is 0.286. The van der Waals surface area contributed by atoms with Crippen molar-refractivity contribution >= 4 is 40.8 Å². The van der Waals surface area contributed by atoms with Crippen molar-refractivity contribution in [3.8, 4) is 0 Å². The van der Waals surface area contributed by atoms with Gasteiger partial charge in [0, 0.05) is 18.4 Å². The molecule has 2 amide bonds. The second kappa shape index (κ2) is 9.46. The Labute approximate surface area is 137 Å². The van der Waals surface area contributed by atoms with E-state index in [1.807, 2.05) is 0 Å². The molecule has 124 valence electrons. The van der Waals surface area contributed by atoms with Gasteiger partial charge in [0.05, 0.1) is 13.3 Å². The highest BCUT2D eigenvalue weighted by Crippen LogP contribution is 2.09. The molecule has 9 heteroatoms. The van der Waals surface area contributed by atoms with E-state index in [0.29, 0.717) is 11.3 Å². The number of thioether (sulfide) groups is 1. The Morgan fingerprint density at radius 3 is 2.52 bits per heavy atom. The number of rotatable bonds is 6. The van der Waals surface area contributed by atoms with Crippen molar-refractivity contribution in [3.63, 3.8) is 0 Å². The van der Waals surface area contributed by atoms with Crippen molar-refractivity contribution < 1.29 is 24.3 Å². The Hall–Kier alpha value is -2.55. The van der Waals surface area contributed by atoms with Gasteiger partial charge in [-0.1, -0.05) is 29.1 Å². The number of hydrogen-bond acceptors (Lipinski definition) is 7. The summed E-state index contributed by atoms with van der Waals surface area (Å²) in [5, 5.41) is 16.1. The van der Waals surface area contributed by atoms with E-state index < -0.39 is 18.0 Å². The molecular formula is C14H17N3O5S. The first kappa shape index (κ1) is 18.5. The number of ether oxygens (including phenoxy) is 1. The Kier molecular flexibility index (Phi) is 7.61. The average molecular weight is 339 g/mol. The van der Waals surface area contributed by atoms with Crippen LogP contribution in [-0.2, 0) is 14.3 Å². The standard InChI is InChI=1S/C14H17N3O5S/c1-9(18)23-8-12(13(19)22-2)17-14(20)16-11-5-3-10(4-6-11)7-15-21/h3-7,12,21H,8H2,1-2H3,(H2,16,17,20). The second-order valence-electron chi connectivity index (χ2n) is 4.34. The van der Waals surface area contributed by atoms with Crippen LogP contribution in [0.15, 0.2) is 29.4 Å². The van der Waals surface area contributed by atoms with E-state index in [4.69, 9.17) is 5.21 Å². The molecular weight excluding hydrogens is 322 g/mol. The molecule has 0 aliphatic heterocycles. The molecule has 0 radical (unpaired) electrons. The largest absolute Gasteiger partial charge is 0.467 e. The molecule has 0 fully saturated rings. The number of carbonyl (C=O) groups is 3. The maximum absolute atomic E-state index is 11.9. The lowest BCUT2D eigenvalue weighted by molar-refractivity contribution is -0.142. The molecule has 0 bridgehead atoms. The van der Waals surface area contributed by atoms with E-state index in [-0.39, 0.29) is 10.9 Å². The van der Waals surface area contributed by atoms with E-state index in [2.05, 4.69) is 20.5 Å². The Morgan fingerprint density at radius 2 is 2.00 bits per heavy atom. The number of anilines is 1. The monoisotopic (exact) mass is 339 g/mol. The molecule has 0 heterocycles. The minimum absolute atomic E-state index is 0.0847. The number of nitrogens with zero attached hydrogens (tertiary/aromatic N) is 1. The van der Waals surface area contributed by atoms with Crippen molar-refractivity contribution in [1.82, 2.24) is 5.32 Å². The van der Waals surface area contributed by atoms with Gasteiger partial charge >= 0.3 is 12.0 Å². The predicted molar refractivity (Wildman–Crippen MR) is 86.9 cm³/mol. The molecule has 1 aromatic rings. The third-order valence-corrected chi connectivity index (χ3v) is 3.53. The molecule has 0 aliphatic rings. The van der Waals surface area contributed by atoms with Crippen LogP contribution in [0.2, 0.25) is 0 Å². The molecule has 1 aromatic carbocycles. The predicted octanol–water partition coefficient (Wildman–Crippen LogP) is 1.44. The summed E-state index contributed by atoms with van der Waals surface area (Å²) in [4.78, 5) is 34.5. The number of oxime groups is 1. The average Bonchev–Trinajstić information content (AvgIpc) is 2.52. The number of methoxy groups -OCH3 is 1. The summed E-state index contributed by atoms with van der Waals surface area (Å²) < 4.78 is 4.59. The fourth-order valence-electron chi connectivity index (χ4n) is 1.56. The summed E-state index contributed by atoms with van der Waals surface area (Å²) in [6.07, 6.45) is 1.25. The lowest BCUT2D eigenvalue weighted by Crippen LogP contribution is -2.45. The Morgan fingerprint density at radius 1 is 1.35 bits per heavy atom. The van der Waals surface area contributed by atoms with Crippen molar-refractivity contribution in [3.05, 3.63) is 29.8 Å². The van der Waals surface area contributed by atoms with Gasteiger partial charge in [0.15, 0.2) is 5.12 Å². The summed E-state index contributed by atoms with van der Waals surface area (Å²) in [5.74, 6) is -0.551.